The molecule has 0 unspecified atom stereocenters. The van der Waals surface area contributed by atoms with Crippen molar-refractivity contribution >= 4 is 35.7 Å². The summed E-state index contributed by atoms with van der Waals surface area (Å²) in [7, 11) is 0.142. The van der Waals surface area contributed by atoms with Crippen LogP contribution in [0.4, 0.5) is 0 Å². The molecule has 0 aliphatic rings. The van der Waals surface area contributed by atoms with E-state index in [1.165, 1.54) is 0 Å². The van der Waals surface area contributed by atoms with Crippen LogP contribution in [0.1, 0.15) is 11.3 Å². The van der Waals surface area contributed by atoms with Gasteiger partial charge < -0.3 is 14.8 Å². The van der Waals surface area contributed by atoms with E-state index in [0.29, 0.717) is 11.2 Å². The molecule has 4 nitrogen and oxygen atoms in total. The number of aryl methyl sites for hydroxylation is 1. The lowest BCUT2D eigenvalue weighted by Gasteiger charge is -2.09. The molecular weight excluding hydrogens is 281 g/mol. The number of benzene rings is 1. The van der Waals surface area contributed by atoms with Crippen LogP contribution in [0.15, 0.2) is 27.9 Å². The van der Waals surface area contributed by atoms with Crippen molar-refractivity contribution in [1.29, 1.82) is 0 Å². The third kappa shape index (κ3) is 3.73. The van der Waals surface area contributed by atoms with E-state index in [2.05, 4.69) is 4.98 Å². The van der Waals surface area contributed by atoms with Crippen LogP contribution >= 0.6 is 23.1 Å². The number of hydrogen-bond donors (Lipinski definition) is 2. The molecule has 0 bridgehead atoms. The van der Waals surface area contributed by atoms with Crippen molar-refractivity contribution in [3.63, 3.8) is 0 Å². The molecule has 0 amide bonds. The quantitative estimate of drug-likeness (QED) is 0.645. The van der Waals surface area contributed by atoms with Crippen LogP contribution in [-0.4, -0.2) is 29.3 Å². The largest absolute Gasteiger partial charge is 0.496 e. The average molecular weight is 295 g/mol. The van der Waals surface area contributed by atoms with E-state index >= 15 is 0 Å². The molecule has 2 N–H and O–H groups in total. The summed E-state index contributed by atoms with van der Waals surface area (Å²) >= 11 is 3.21. The molecule has 0 fully saturated rings. The van der Waals surface area contributed by atoms with E-state index in [0.717, 1.165) is 21.3 Å². The highest BCUT2D eigenvalue weighted by molar-refractivity contribution is 8.00. The molecular formula is C12H14BNO3S2. The topological polar surface area (TPSA) is 62.6 Å². The Kier molecular flexibility index (Phi) is 4.87. The molecule has 100 valence electrons. The van der Waals surface area contributed by atoms with Crippen molar-refractivity contribution in [2.75, 3.05) is 7.11 Å². The van der Waals surface area contributed by atoms with Gasteiger partial charge in [0.15, 0.2) is 0 Å². The van der Waals surface area contributed by atoms with Crippen molar-refractivity contribution < 1.29 is 14.8 Å². The maximum Gasteiger partial charge on any atom is 0.488 e. The van der Waals surface area contributed by atoms with E-state index < -0.39 is 7.12 Å². The van der Waals surface area contributed by atoms with Crippen molar-refractivity contribution in [1.82, 2.24) is 4.98 Å². The fraction of sp³-hybridized carbons (Fsp3) is 0.250. The zero-order valence-electron chi connectivity index (χ0n) is 10.7. The van der Waals surface area contributed by atoms with Crippen molar-refractivity contribution in [2.45, 2.75) is 17.0 Å². The second kappa shape index (κ2) is 6.43. The van der Waals surface area contributed by atoms with Crippen molar-refractivity contribution in [3.8, 4) is 5.75 Å². The molecule has 19 heavy (non-hydrogen) atoms. The summed E-state index contributed by atoms with van der Waals surface area (Å²) in [5.74, 6) is 1.42. The number of hydrogen-bond acceptors (Lipinski definition) is 6. The highest BCUT2D eigenvalue weighted by Gasteiger charge is 2.14. The van der Waals surface area contributed by atoms with Gasteiger partial charge in [0.05, 0.1) is 7.11 Å². The first-order valence-corrected chi connectivity index (χ1v) is 7.54. The van der Waals surface area contributed by atoms with Crippen LogP contribution in [0, 0.1) is 6.92 Å². The van der Waals surface area contributed by atoms with Gasteiger partial charge in [0.2, 0.25) is 0 Å². The molecule has 0 aliphatic heterocycles. The Morgan fingerprint density at radius 3 is 2.79 bits per heavy atom. The molecule has 2 rings (SSSR count). The summed E-state index contributed by atoms with van der Waals surface area (Å²) in [4.78, 5) is 4.38. The minimum Gasteiger partial charge on any atom is -0.496 e. The Bertz CT molecular complexity index is 560. The van der Waals surface area contributed by atoms with Crippen LogP contribution in [0.5, 0.6) is 5.75 Å². The lowest BCUT2D eigenvalue weighted by Crippen LogP contribution is -2.30. The normalized spacial score (nSPS) is 10.5. The summed E-state index contributed by atoms with van der Waals surface area (Å²) in [6.07, 6.45) is 0. The molecule has 0 radical (unpaired) electrons. The summed E-state index contributed by atoms with van der Waals surface area (Å²) in [5.41, 5.74) is 2.40. The highest BCUT2D eigenvalue weighted by Crippen LogP contribution is 2.29. The van der Waals surface area contributed by atoms with Gasteiger partial charge in [-0.1, -0.05) is 23.9 Å². The first-order chi connectivity index (χ1) is 9.10. The molecule has 2 aromatic rings. The fourth-order valence-electron chi connectivity index (χ4n) is 1.61. The van der Waals surface area contributed by atoms with Crippen molar-refractivity contribution in [2.24, 2.45) is 0 Å². The molecule has 1 aromatic heterocycles. The molecule has 7 heteroatoms. The maximum absolute atomic E-state index is 9.20. The van der Waals surface area contributed by atoms with Crippen LogP contribution in [0.3, 0.4) is 0 Å². The zero-order valence-corrected chi connectivity index (χ0v) is 12.3. The molecule has 0 aliphatic carbocycles. The summed E-state index contributed by atoms with van der Waals surface area (Å²) in [6, 6.07) is 5.14. The van der Waals surface area contributed by atoms with Crippen LogP contribution in [0.2, 0.25) is 0 Å². The number of nitrogens with zero attached hydrogens (tertiary/aromatic N) is 1. The third-order valence-corrected chi connectivity index (χ3v) is 4.74. The van der Waals surface area contributed by atoms with Gasteiger partial charge in [0, 0.05) is 22.4 Å². The zero-order chi connectivity index (χ0) is 13.8. The minimum atomic E-state index is -1.46. The Balaban J connectivity index is 2.15. The number of thioether (sulfide) groups is 1. The van der Waals surface area contributed by atoms with E-state index in [1.54, 1.807) is 48.4 Å². The molecule has 1 aromatic carbocycles. The second-order valence-corrected chi connectivity index (χ2v) is 6.07. The monoisotopic (exact) mass is 295 g/mol. The first-order valence-electron chi connectivity index (χ1n) is 5.68. The van der Waals surface area contributed by atoms with Gasteiger partial charge in [-0.2, -0.15) is 0 Å². The van der Waals surface area contributed by atoms with E-state index in [1.807, 2.05) is 12.3 Å². The number of methoxy groups -OCH3 is 1. The summed E-state index contributed by atoms with van der Waals surface area (Å²) < 4.78 is 6.28. The van der Waals surface area contributed by atoms with Gasteiger partial charge in [-0.05, 0) is 18.5 Å². The molecule has 0 saturated carbocycles. The van der Waals surface area contributed by atoms with E-state index in [9.17, 15) is 10.0 Å². The first kappa shape index (κ1) is 14.4. The van der Waals surface area contributed by atoms with Gasteiger partial charge in [-0.25, -0.2) is 4.98 Å². The Morgan fingerprint density at radius 2 is 2.21 bits per heavy atom. The molecule has 0 atom stereocenters. The predicted molar refractivity (Wildman–Crippen MR) is 79.2 cm³/mol. The summed E-state index contributed by atoms with van der Waals surface area (Å²) in [5, 5.41) is 20.4. The fourth-order valence-corrected chi connectivity index (χ4v) is 3.44. The van der Waals surface area contributed by atoms with Gasteiger partial charge >= 0.3 is 7.12 Å². The molecule has 1 heterocycles. The Labute approximate surface area is 120 Å². The van der Waals surface area contributed by atoms with E-state index in [-0.39, 0.29) is 0 Å². The minimum absolute atomic E-state index is 0.465. The van der Waals surface area contributed by atoms with E-state index in [4.69, 9.17) is 4.74 Å². The number of aromatic nitrogens is 1. The van der Waals surface area contributed by atoms with Gasteiger partial charge in [-0.3, -0.25) is 0 Å². The predicted octanol–water partition coefficient (Wildman–Crippen LogP) is 1.43. The maximum atomic E-state index is 9.20. The smallest absolute Gasteiger partial charge is 0.488 e. The third-order valence-electron chi connectivity index (χ3n) is 2.55. The number of ether oxygens (including phenoxy) is 1. The second-order valence-electron chi connectivity index (χ2n) is 3.99. The van der Waals surface area contributed by atoms with Crippen molar-refractivity contribution in [3.05, 3.63) is 34.8 Å². The van der Waals surface area contributed by atoms with Crippen LogP contribution < -0.4 is 10.2 Å². The molecule has 0 saturated heterocycles. The summed E-state index contributed by atoms with van der Waals surface area (Å²) in [6.45, 7) is 1.96. The lowest BCUT2D eigenvalue weighted by atomic mass is 9.79. The highest BCUT2D eigenvalue weighted by atomic mass is 32.2. The van der Waals surface area contributed by atoms with Crippen LogP contribution in [0.25, 0.3) is 0 Å². The SMILES string of the molecule is COc1ccc(B(O)O)cc1CSc1nc(C)cs1. The lowest BCUT2D eigenvalue weighted by molar-refractivity contribution is 0.410. The van der Waals surface area contributed by atoms with Gasteiger partial charge in [0.1, 0.15) is 10.1 Å². The van der Waals surface area contributed by atoms with Gasteiger partial charge in [0.25, 0.3) is 0 Å². The van der Waals surface area contributed by atoms with Gasteiger partial charge in [-0.15, -0.1) is 11.3 Å². The standard InChI is InChI=1S/C12H14BNO3S2/c1-8-6-18-12(14-8)19-7-9-5-10(13(15)16)3-4-11(9)17-2/h3-6,15-16H,7H2,1-2H3. The molecule has 0 spiro atoms. The van der Waals surface area contributed by atoms with Crippen LogP contribution in [-0.2, 0) is 5.75 Å². The Morgan fingerprint density at radius 1 is 1.42 bits per heavy atom. The number of thiazole rings is 1. The number of rotatable bonds is 5. The average Bonchev–Trinajstić information content (AvgIpc) is 2.81. The Hall–Kier alpha value is -1.02.